The molecule has 0 aliphatic heterocycles. The van der Waals surface area contributed by atoms with Crippen LogP contribution >= 0.6 is 15.9 Å². The van der Waals surface area contributed by atoms with E-state index in [-0.39, 0.29) is 5.91 Å². The van der Waals surface area contributed by atoms with Crippen molar-refractivity contribution in [3.63, 3.8) is 0 Å². The summed E-state index contributed by atoms with van der Waals surface area (Å²) in [5, 5.41) is 6.31. The number of rotatable bonds is 4. The van der Waals surface area contributed by atoms with Crippen LogP contribution in [0.5, 0.6) is 0 Å². The zero-order chi connectivity index (χ0) is 13.0. The third kappa shape index (κ3) is 3.16. The van der Waals surface area contributed by atoms with Crippen LogP contribution in [0.2, 0.25) is 0 Å². The highest BCUT2D eigenvalue weighted by Gasteiger charge is 2.10. The molecule has 1 N–H and O–H groups in total. The molecule has 5 nitrogen and oxygen atoms in total. The Labute approximate surface area is 113 Å². The third-order valence-corrected chi connectivity index (χ3v) is 3.09. The van der Waals surface area contributed by atoms with Crippen LogP contribution in [0.1, 0.15) is 21.8 Å². The molecule has 0 radical (unpaired) electrons. The van der Waals surface area contributed by atoms with E-state index >= 15 is 0 Å². The van der Waals surface area contributed by atoms with Gasteiger partial charge in [-0.25, -0.2) is 0 Å². The van der Waals surface area contributed by atoms with E-state index in [1.807, 2.05) is 25.1 Å². The fraction of sp³-hybridized carbons (Fsp3) is 0.250. The van der Waals surface area contributed by atoms with E-state index < -0.39 is 0 Å². The van der Waals surface area contributed by atoms with Crippen molar-refractivity contribution >= 4 is 21.8 Å². The lowest BCUT2D eigenvalue weighted by molar-refractivity contribution is 0.0952. The topological polar surface area (TPSA) is 68.0 Å². The van der Waals surface area contributed by atoms with Crippen LogP contribution in [0, 0.1) is 6.92 Å². The molecule has 0 saturated heterocycles. The van der Waals surface area contributed by atoms with Crippen LogP contribution in [-0.4, -0.2) is 22.6 Å². The zero-order valence-electron chi connectivity index (χ0n) is 9.81. The number of aryl methyl sites for hydroxylation is 1. The number of aromatic nitrogens is 2. The minimum absolute atomic E-state index is 0.120. The van der Waals surface area contributed by atoms with Gasteiger partial charge in [0.25, 0.3) is 5.91 Å². The van der Waals surface area contributed by atoms with Gasteiger partial charge in [-0.05, 0) is 35.0 Å². The normalized spacial score (nSPS) is 10.3. The number of hydrogen-bond donors (Lipinski definition) is 1. The minimum atomic E-state index is -0.120. The summed E-state index contributed by atoms with van der Waals surface area (Å²) in [4.78, 5) is 15.8. The summed E-state index contributed by atoms with van der Waals surface area (Å²) in [6.45, 7) is 2.41. The van der Waals surface area contributed by atoms with Gasteiger partial charge in [0.05, 0.1) is 5.56 Å². The summed E-state index contributed by atoms with van der Waals surface area (Å²) in [5.41, 5.74) is 1.67. The number of nitrogens with one attached hydrogen (secondary N) is 1. The van der Waals surface area contributed by atoms with Crippen molar-refractivity contribution in [3.8, 4) is 0 Å². The van der Waals surface area contributed by atoms with Crippen molar-refractivity contribution in [1.29, 1.82) is 0 Å². The molecule has 1 aromatic carbocycles. The van der Waals surface area contributed by atoms with Gasteiger partial charge in [0.15, 0.2) is 6.33 Å². The van der Waals surface area contributed by atoms with E-state index in [2.05, 4.69) is 31.4 Å². The fourth-order valence-corrected chi connectivity index (χ4v) is 1.92. The molecule has 0 fully saturated rings. The maximum Gasteiger partial charge on any atom is 0.252 e. The number of carbonyl (C=O) groups excluding carboxylic acids is 1. The second-order valence-electron chi connectivity index (χ2n) is 3.82. The standard InChI is InChI=1S/C12H12BrN3O2/c1-8-2-3-10(13)9(6-8)12(17)14-5-4-11-15-7-16-18-11/h2-3,6-7H,4-5H2,1H3,(H,14,17). The highest BCUT2D eigenvalue weighted by molar-refractivity contribution is 9.10. The number of halogens is 1. The lowest BCUT2D eigenvalue weighted by Gasteiger charge is -2.06. The van der Waals surface area contributed by atoms with Gasteiger partial charge in [0, 0.05) is 17.4 Å². The van der Waals surface area contributed by atoms with Crippen molar-refractivity contribution < 1.29 is 9.32 Å². The molecule has 0 unspecified atom stereocenters. The summed E-state index contributed by atoms with van der Waals surface area (Å²) < 4.78 is 5.62. The monoisotopic (exact) mass is 309 g/mol. The second kappa shape index (κ2) is 5.77. The van der Waals surface area contributed by atoms with Gasteiger partial charge in [-0.15, -0.1) is 0 Å². The Hall–Kier alpha value is -1.69. The second-order valence-corrected chi connectivity index (χ2v) is 4.68. The molecule has 0 aliphatic carbocycles. The van der Waals surface area contributed by atoms with Crippen molar-refractivity contribution in [2.75, 3.05) is 6.54 Å². The van der Waals surface area contributed by atoms with Crippen molar-refractivity contribution in [3.05, 3.63) is 46.0 Å². The first-order valence-electron chi connectivity index (χ1n) is 5.46. The van der Waals surface area contributed by atoms with Crippen LogP contribution in [-0.2, 0) is 6.42 Å². The average molecular weight is 310 g/mol. The first-order chi connectivity index (χ1) is 8.66. The molecular weight excluding hydrogens is 298 g/mol. The Morgan fingerprint density at radius 1 is 1.50 bits per heavy atom. The minimum Gasteiger partial charge on any atom is -0.351 e. The summed E-state index contributed by atoms with van der Waals surface area (Å²) >= 11 is 3.36. The average Bonchev–Trinajstić information content (AvgIpc) is 2.85. The maximum absolute atomic E-state index is 11.9. The third-order valence-electron chi connectivity index (χ3n) is 2.40. The van der Waals surface area contributed by atoms with E-state index in [0.29, 0.717) is 24.4 Å². The first-order valence-corrected chi connectivity index (χ1v) is 6.26. The molecule has 94 valence electrons. The number of amides is 1. The lowest BCUT2D eigenvalue weighted by Crippen LogP contribution is -2.26. The van der Waals surface area contributed by atoms with Gasteiger partial charge in [-0.3, -0.25) is 4.79 Å². The van der Waals surface area contributed by atoms with E-state index in [9.17, 15) is 4.79 Å². The summed E-state index contributed by atoms with van der Waals surface area (Å²) in [5.74, 6) is 0.392. The molecule has 2 rings (SSSR count). The van der Waals surface area contributed by atoms with Gasteiger partial charge in [-0.2, -0.15) is 4.98 Å². The molecule has 0 saturated carbocycles. The fourth-order valence-electron chi connectivity index (χ4n) is 1.50. The highest BCUT2D eigenvalue weighted by atomic mass is 79.9. The van der Waals surface area contributed by atoms with Gasteiger partial charge in [0.2, 0.25) is 5.89 Å². The van der Waals surface area contributed by atoms with Gasteiger partial charge in [0.1, 0.15) is 0 Å². The SMILES string of the molecule is Cc1ccc(Br)c(C(=O)NCCc2ncno2)c1. The Morgan fingerprint density at radius 3 is 3.06 bits per heavy atom. The van der Waals surface area contributed by atoms with Crippen molar-refractivity contribution in [1.82, 2.24) is 15.5 Å². The Morgan fingerprint density at radius 2 is 2.33 bits per heavy atom. The lowest BCUT2D eigenvalue weighted by atomic mass is 10.1. The quantitative estimate of drug-likeness (QED) is 0.939. The molecule has 1 heterocycles. The van der Waals surface area contributed by atoms with E-state index in [1.165, 1.54) is 6.33 Å². The van der Waals surface area contributed by atoms with Crippen LogP contribution < -0.4 is 5.32 Å². The predicted molar refractivity (Wildman–Crippen MR) is 69.2 cm³/mol. The molecule has 18 heavy (non-hydrogen) atoms. The van der Waals surface area contributed by atoms with E-state index in [1.54, 1.807) is 0 Å². The highest BCUT2D eigenvalue weighted by Crippen LogP contribution is 2.17. The molecular formula is C12H12BrN3O2. The van der Waals surface area contributed by atoms with Crippen LogP contribution in [0.25, 0.3) is 0 Å². The first kappa shape index (κ1) is 12.8. The predicted octanol–water partition coefficient (Wildman–Crippen LogP) is 2.11. The van der Waals surface area contributed by atoms with Crippen LogP contribution in [0.15, 0.2) is 33.5 Å². The zero-order valence-corrected chi connectivity index (χ0v) is 11.4. The van der Waals surface area contributed by atoms with Gasteiger partial charge >= 0.3 is 0 Å². The number of benzene rings is 1. The Bertz CT molecular complexity index is 540. The van der Waals surface area contributed by atoms with E-state index in [0.717, 1.165) is 10.0 Å². The molecule has 0 aliphatic rings. The van der Waals surface area contributed by atoms with E-state index in [4.69, 9.17) is 4.52 Å². The van der Waals surface area contributed by atoms with Gasteiger partial charge in [-0.1, -0.05) is 16.8 Å². The molecule has 2 aromatic rings. The Balaban J connectivity index is 1.93. The molecule has 0 bridgehead atoms. The van der Waals surface area contributed by atoms with Crippen LogP contribution in [0.4, 0.5) is 0 Å². The molecule has 1 aromatic heterocycles. The smallest absolute Gasteiger partial charge is 0.252 e. The molecule has 0 atom stereocenters. The molecule has 6 heteroatoms. The van der Waals surface area contributed by atoms with Crippen LogP contribution in [0.3, 0.4) is 0 Å². The van der Waals surface area contributed by atoms with Crippen molar-refractivity contribution in [2.24, 2.45) is 0 Å². The Kier molecular flexibility index (Phi) is 4.09. The summed E-state index contributed by atoms with van der Waals surface area (Å²) in [6, 6.07) is 5.65. The maximum atomic E-state index is 11.9. The summed E-state index contributed by atoms with van der Waals surface area (Å²) in [7, 11) is 0. The van der Waals surface area contributed by atoms with Gasteiger partial charge < -0.3 is 9.84 Å². The summed E-state index contributed by atoms with van der Waals surface area (Å²) in [6.07, 6.45) is 1.86. The number of carbonyl (C=O) groups is 1. The molecule has 0 spiro atoms. The van der Waals surface area contributed by atoms with Crippen molar-refractivity contribution in [2.45, 2.75) is 13.3 Å². The molecule has 1 amide bonds. The largest absolute Gasteiger partial charge is 0.351 e. The number of hydrogen-bond acceptors (Lipinski definition) is 4. The number of nitrogens with zero attached hydrogens (tertiary/aromatic N) is 2.